The SMILES string of the molecule is Cc1ccc(-c2cn[nH]c(=O)c2CN)cc1. The topological polar surface area (TPSA) is 71.8 Å². The molecule has 0 unspecified atom stereocenters. The summed E-state index contributed by atoms with van der Waals surface area (Å²) in [6.07, 6.45) is 1.63. The lowest BCUT2D eigenvalue weighted by Crippen LogP contribution is -2.18. The van der Waals surface area contributed by atoms with Crippen LogP contribution in [-0.2, 0) is 6.54 Å². The van der Waals surface area contributed by atoms with Gasteiger partial charge in [0.25, 0.3) is 5.56 Å². The van der Waals surface area contributed by atoms with E-state index in [0.29, 0.717) is 5.56 Å². The standard InChI is InChI=1S/C12H13N3O/c1-8-2-4-9(5-3-8)11-7-14-15-12(16)10(11)6-13/h2-5,7H,6,13H2,1H3,(H,15,16). The molecule has 0 spiro atoms. The zero-order valence-corrected chi connectivity index (χ0v) is 9.03. The second kappa shape index (κ2) is 4.28. The molecule has 16 heavy (non-hydrogen) atoms. The summed E-state index contributed by atoms with van der Waals surface area (Å²) in [4.78, 5) is 11.5. The molecule has 0 amide bonds. The van der Waals surface area contributed by atoms with Crippen LogP contribution in [0, 0.1) is 6.92 Å². The van der Waals surface area contributed by atoms with Crippen LogP contribution in [0.2, 0.25) is 0 Å². The first-order valence-electron chi connectivity index (χ1n) is 5.06. The molecule has 0 fully saturated rings. The second-order valence-corrected chi connectivity index (χ2v) is 3.66. The van der Waals surface area contributed by atoms with Gasteiger partial charge in [-0.15, -0.1) is 0 Å². The van der Waals surface area contributed by atoms with Crippen LogP contribution in [0.3, 0.4) is 0 Å². The van der Waals surface area contributed by atoms with Crippen LogP contribution in [0.4, 0.5) is 0 Å². The Kier molecular flexibility index (Phi) is 2.83. The van der Waals surface area contributed by atoms with Crippen molar-refractivity contribution in [1.82, 2.24) is 10.2 Å². The number of hydrogen-bond acceptors (Lipinski definition) is 3. The van der Waals surface area contributed by atoms with Crippen molar-refractivity contribution >= 4 is 0 Å². The van der Waals surface area contributed by atoms with Gasteiger partial charge in [0.15, 0.2) is 0 Å². The van der Waals surface area contributed by atoms with E-state index < -0.39 is 0 Å². The van der Waals surface area contributed by atoms with E-state index in [2.05, 4.69) is 10.2 Å². The van der Waals surface area contributed by atoms with Crippen molar-refractivity contribution in [3.63, 3.8) is 0 Å². The molecule has 4 nitrogen and oxygen atoms in total. The van der Waals surface area contributed by atoms with Crippen molar-refractivity contribution in [1.29, 1.82) is 0 Å². The van der Waals surface area contributed by atoms with E-state index in [9.17, 15) is 4.79 Å². The van der Waals surface area contributed by atoms with Crippen molar-refractivity contribution in [2.24, 2.45) is 5.73 Å². The van der Waals surface area contributed by atoms with Gasteiger partial charge < -0.3 is 5.73 Å². The number of hydrogen-bond donors (Lipinski definition) is 2. The summed E-state index contributed by atoms with van der Waals surface area (Å²) in [5.41, 5.74) is 8.85. The predicted octanol–water partition coefficient (Wildman–Crippen LogP) is 1.20. The van der Waals surface area contributed by atoms with Gasteiger partial charge in [0.2, 0.25) is 0 Å². The highest BCUT2D eigenvalue weighted by Gasteiger charge is 2.07. The third-order valence-electron chi connectivity index (χ3n) is 2.53. The minimum atomic E-state index is -0.222. The number of aromatic nitrogens is 2. The third-order valence-corrected chi connectivity index (χ3v) is 2.53. The Bertz CT molecular complexity index is 543. The van der Waals surface area contributed by atoms with Crippen molar-refractivity contribution in [3.05, 3.63) is 51.9 Å². The molecule has 0 radical (unpaired) electrons. The number of H-pyrrole nitrogens is 1. The molecule has 0 saturated heterocycles. The fourth-order valence-corrected chi connectivity index (χ4v) is 1.61. The molecular formula is C12H13N3O. The Labute approximate surface area is 93.1 Å². The highest BCUT2D eigenvalue weighted by molar-refractivity contribution is 5.66. The Morgan fingerprint density at radius 3 is 2.62 bits per heavy atom. The molecule has 0 atom stereocenters. The second-order valence-electron chi connectivity index (χ2n) is 3.66. The molecule has 0 saturated carbocycles. The molecule has 0 aliphatic rings. The molecule has 1 heterocycles. The molecule has 0 aliphatic heterocycles. The monoisotopic (exact) mass is 215 g/mol. The predicted molar refractivity (Wildman–Crippen MR) is 62.9 cm³/mol. The number of nitrogens with one attached hydrogen (secondary N) is 1. The zero-order valence-electron chi connectivity index (χ0n) is 9.03. The quantitative estimate of drug-likeness (QED) is 0.790. The summed E-state index contributed by atoms with van der Waals surface area (Å²) < 4.78 is 0. The molecule has 1 aromatic heterocycles. The summed E-state index contributed by atoms with van der Waals surface area (Å²) >= 11 is 0. The highest BCUT2D eigenvalue weighted by Crippen LogP contribution is 2.20. The largest absolute Gasteiger partial charge is 0.326 e. The van der Waals surface area contributed by atoms with Crippen molar-refractivity contribution in [3.8, 4) is 11.1 Å². The maximum Gasteiger partial charge on any atom is 0.269 e. The number of nitrogens with zero attached hydrogens (tertiary/aromatic N) is 1. The molecule has 3 N–H and O–H groups in total. The van der Waals surface area contributed by atoms with Gasteiger partial charge in [-0.3, -0.25) is 4.79 Å². The number of aromatic amines is 1. The summed E-state index contributed by atoms with van der Waals surface area (Å²) in [7, 11) is 0. The Hall–Kier alpha value is -1.94. The fourth-order valence-electron chi connectivity index (χ4n) is 1.61. The average Bonchev–Trinajstić information content (AvgIpc) is 2.30. The van der Waals surface area contributed by atoms with Crippen LogP contribution < -0.4 is 11.3 Å². The Morgan fingerprint density at radius 2 is 2.00 bits per heavy atom. The molecule has 82 valence electrons. The van der Waals surface area contributed by atoms with Crippen LogP contribution in [0.25, 0.3) is 11.1 Å². The summed E-state index contributed by atoms with van der Waals surface area (Å²) in [6.45, 7) is 2.23. The van der Waals surface area contributed by atoms with E-state index >= 15 is 0 Å². The van der Waals surface area contributed by atoms with E-state index in [1.54, 1.807) is 6.20 Å². The Balaban J connectivity index is 2.60. The lowest BCUT2D eigenvalue weighted by atomic mass is 10.0. The molecule has 1 aromatic carbocycles. The van der Waals surface area contributed by atoms with Crippen molar-refractivity contribution in [2.75, 3.05) is 0 Å². The fraction of sp³-hybridized carbons (Fsp3) is 0.167. The van der Waals surface area contributed by atoms with Gasteiger partial charge in [-0.2, -0.15) is 5.10 Å². The number of rotatable bonds is 2. The van der Waals surface area contributed by atoms with E-state index in [4.69, 9.17) is 5.73 Å². The van der Waals surface area contributed by atoms with Gasteiger partial charge in [0.05, 0.1) is 6.20 Å². The van der Waals surface area contributed by atoms with Crippen LogP contribution in [0.1, 0.15) is 11.1 Å². The molecule has 0 bridgehead atoms. The first kappa shape index (κ1) is 10.6. The van der Waals surface area contributed by atoms with Crippen LogP contribution in [0.5, 0.6) is 0 Å². The van der Waals surface area contributed by atoms with E-state index in [0.717, 1.165) is 11.1 Å². The van der Waals surface area contributed by atoms with Crippen molar-refractivity contribution in [2.45, 2.75) is 13.5 Å². The highest BCUT2D eigenvalue weighted by atomic mass is 16.1. The van der Waals surface area contributed by atoms with Crippen LogP contribution >= 0.6 is 0 Å². The molecular weight excluding hydrogens is 202 g/mol. The lowest BCUT2D eigenvalue weighted by molar-refractivity contribution is 0.928. The number of aryl methyl sites for hydroxylation is 1. The van der Waals surface area contributed by atoms with Gasteiger partial charge in [0.1, 0.15) is 0 Å². The summed E-state index contributed by atoms with van der Waals surface area (Å²) in [5, 5.41) is 6.19. The lowest BCUT2D eigenvalue weighted by Gasteiger charge is -2.06. The maximum atomic E-state index is 11.5. The zero-order chi connectivity index (χ0) is 11.5. The molecule has 2 aromatic rings. The van der Waals surface area contributed by atoms with Gasteiger partial charge in [0, 0.05) is 17.7 Å². The summed E-state index contributed by atoms with van der Waals surface area (Å²) in [5.74, 6) is 0. The van der Waals surface area contributed by atoms with E-state index in [-0.39, 0.29) is 12.1 Å². The first-order chi connectivity index (χ1) is 7.72. The van der Waals surface area contributed by atoms with Gasteiger partial charge in [-0.25, -0.2) is 5.10 Å². The van der Waals surface area contributed by atoms with E-state index in [1.807, 2.05) is 31.2 Å². The molecule has 0 aliphatic carbocycles. The van der Waals surface area contributed by atoms with Gasteiger partial charge in [-0.1, -0.05) is 29.8 Å². The first-order valence-corrected chi connectivity index (χ1v) is 5.06. The van der Waals surface area contributed by atoms with Gasteiger partial charge in [-0.05, 0) is 12.5 Å². The molecule has 2 rings (SSSR count). The van der Waals surface area contributed by atoms with Crippen LogP contribution in [-0.4, -0.2) is 10.2 Å². The smallest absolute Gasteiger partial charge is 0.269 e. The number of nitrogens with two attached hydrogens (primary N) is 1. The van der Waals surface area contributed by atoms with Gasteiger partial charge >= 0.3 is 0 Å². The van der Waals surface area contributed by atoms with E-state index in [1.165, 1.54) is 5.56 Å². The maximum absolute atomic E-state index is 11.5. The van der Waals surface area contributed by atoms with Crippen molar-refractivity contribution < 1.29 is 0 Å². The minimum absolute atomic E-state index is 0.209. The Morgan fingerprint density at radius 1 is 1.31 bits per heavy atom. The summed E-state index contributed by atoms with van der Waals surface area (Å²) in [6, 6.07) is 7.92. The average molecular weight is 215 g/mol. The minimum Gasteiger partial charge on any atom is -0.326 e. The number of benzene rings is 1. The third kappa shape index (κ3) is 1.87. The van der Waals surface area contributed by atoms with Crippen LogP contribution in [0.15, 0.2) is 35.3 Å². The molecule has 4 heteroatoms. The normalized spacial score (nSPS) is 10.4.